The summed E-state index contributed by atoms with van der Waals surface area (Å²) >= 11 is 0. The maximum Gasteiger partial charge on any atom is 0.416 e. The molecule has 0 amide bonds. The summed E-state index contributed by atoms with van der Waals surface area (Å²) < 4.78 is 38.7. The van der Waals surface area contributed by atoms with Crippen molar-refractivity contribution in [3.8, 4) is 11.3 Å². The average Bonchev–Trinajstić information content (AvgIpc) is 3.42. The Kier molecular flexibility index (Phi) is 4.95. The maximum absolute atomic E-state index is 12.9. The first-order valence-corrected chi connectivity index (χ1v) is 9.55. The molecule has 2 aliphatic carbocycles. The molecular weight excluding hydrogens is 351 g/mol. The normalized spacial score (nSPS) is 28.1. The van der Waals surface area contributed by atoms with E-state index in [1.807, 2.05) is 12.1 Å². The number of alkyl halides is 3. The van der Waals surface area contributed by atoms with Crippen molar-refractivity contribution in [2.24, 2.45) is 5.73 Å². The minimum Gasteiger partial charge on any atom is -0.328 e. The zero-order chi connectivity index (χ0) is 19.0. The van der Waals surface area contributed by atoms with Gasteiger partial charge >= 0.3 is 6.18 Å². The molecule has 0 aliphatic heterocycles. The monoisotopic (exact) mass is 375 g/mol. The first-order chi connectivity index (χ1) is 12.9. The summed E-state index contributed by atoms with van der Waals surface area (Å²) in [6, 6.07) is 10.5. The van der Waals surface area contributed by atoms with Crippen LogP contribution < -0.4 is 11.1 Å². The lowest BCUT2D eigenvalue weighted by atomic mass is 9.92. The van der Waals surface area contributed by atoms with Crippen molar-refractivity contribution in [3.63, 3.8) is 0 Å². The SMILES string of the molecule is NC1CCC(NC2CC2c2ccc(-c3cccc(C(F)(F)F)c3)nc2)CC1. The van der Waals surface area contributed by atoms with Gasteiger partial charge in [-0.05, 0) is 55.9 Å². The molecule has 4 rings (SSSR count). The summed E-state index contributed by atoms with van der Waals surface area (Å²) in [4.78, 5) is 4.41. The lowest BCUT2D eigenvalue weighted by molar-refractivity contribution is -0.137. The largest absolute Gasteiger partial charge is 0.416 e. The Morgan fingerprint density at radius 3 is 2.48 bits per heavy atom. The van der Waals surface area contributed by atoms with Crippen LogP contribution in [0.5, 0.6) is 0 Å². The van der Waals surface area contributed by atoms with Crippen molar-refractivity contribution in [1.29, 1.82) is 0 Å². The van der Waals surface area contributed by atoms with Crippen LogP contribution in [-0.4, -0.2) is 23.1 Å². The Balaban J connectivity index is 1.39. The molecular formula is C21H24F3N3. The number of pyridine rings is 1. The van der Waals surface area contributed by atoms with Crippen molar-refractivity contribution in [2.45, 2.75) is 62.3 Å². The van der Waals surface area contributed by atoms with E-state index in [4.69, 9.17) is 5.73 Å². The lowest BCUT2D eigenvalue weighted by Crippen LogP contribution is -2.38. The number of nitrogens with one attached hydrogen (secondary N) is 1. The van der Waals surface area contributed by atoms with Crippen LogP contribution in [0.1, 0.15) is 49.1 Å². The highest BCUT2D eigenvalue weighted by atomic mass is 19.4. The summed E-state index contributed by atoms with van der Waals surface area (Å²) in [6.45, 7) is 0. The molecule has 0 radical (unpaired) electrons. The molecule has 27 heavy (non-hydrogen) atoms. The third-order valence-corrected chi connectivity index (χ3v) is 5.71. The van der Waals surface area contributed by atoms with Crippen molar-refractivity contribution in [1.82, 2.24) is 10.3 Å². The van der Waals surface area contributed by atoms with Crippen molar-refractivity contribution >= 4 is 0 Å². The van der Waals surface area contributed by atoms with Gasteiger partial charge in [-0.25, -0.2) is 0 Å². The van der Waals surface area contributed by atoms with E-state index in [1.54, 1.807) is 12.3 Å². The first-order valence-electron chi connectivity index (χ1n) is 9.55. The fraction of sp³-hybridized carbons (Fsp3) is 0.476. The quantitative estimate of drug-likeness (QED) is 0.828. The second-order valence-electron chi connectivity index (χ2n) is 7.78. The number of hydrogen-bond donors (Lipinski definition) is 2. The molecule has 1 heterocycles. The summed E-state index contributed by atoms with van der Waals surface area (Å²) in [5.41, 5.74) is 7.51. The van der Waals surface area contributed by atoms with Gasteiger partial charge in [0.25, 0.3) is 0 Å². The summed E-state index contributed by atoms with van der Waals surface area (Å²) in [6.07, 6.45) is 3.00. The van der Waals surface area contributed by atoms with Crippen LogP contribution in [0.4, 0.5) is 13.2 Å². The van der Waals surface area contributed by atoms with Crippen molar-refractivity contribution in [3.05, 3.63) is 53.7 Å². The topological polar surface area (TPSA) is 50.9 Å². The lowest BCUT2D eigenvalue weighted by Gasteiger charge is -2.27. The van der Waals surface area contributed by atoms with Crippen LogP contribution in [0.15, 0.2) is 42.6 Å². The average molecular weight is 375 g/mol. The Morgan fingerprint density at radius 2 is 1.81 bits per heavy atom. The van der Waals surface area contributed by atoms with Crippen molar-refractivity contribution in [2.75, 3.05) is 0 Å². The molecule has 2 aromatic rings. The van der Waals surface area contributed by atoms with E-state index in [0.717, 1.165) is 49.8 Å². The molecule has 3 N–H and O–H groups in total. The summed E-state index contributed by atoms with van der Waals surface area (Å²) in [5, 5.41) is 3.72. The van der Waals surface area contributed by atoms with Crippen LogP contribution in [0.3, 0.4) is 0 Å². The first kappa shape index (κ1) is 18.4. The van der Waals surface area contributed by atoms with E-state index in [2.05, 4.69) is 10.3 Å². The number of rotatable bonds is 4. The van der Waals surface area contributed by atoms with Gasteiger partial charge in [0.1, 0.15) is 0 Å². The van der Waals surface area contributed by atoms with Gasteiger partial charge in [-0.3, -0.25) is 4.98 Å². The number of nitrogens with two attached hydrogens (primary N) is 1. The predicted molar refractivity (Wildman–Crippen MR) is 99.2 cm³/mol. The molecule has 144 valence electrons. The van der Waals surface area contributed by atoms with Crippen LogP contribution >= 0.6 is 0 Å². The Bertz CT molecular complexity index is 780. The molecule has 1 aromatic carbocycles. The van der Waals surface area contributed by atoms with Gasteiger partial charge in [-0.15, -0.1) is 0 Å². The smallest absolute Gasteiger partial charge is 0.328 e. The fourth-order valence-corrected chi connectivity index (χ4v) is 3.99. The number of hydrogen-bond acceptors (Lipinski definition) is 3. The molecule has 2 fully saturated rings. The molecule has 2 aliphatic rings. The standard InChI is InChI=1S/C21H24F3N3/c22-21(23,24)15-3-1-2-13(10-15)19-9-4-14(12-26-19)18-11-20(18)27-17-7-5-16(25)6-8-17/h1-4,9-10,12,16-18,20,27H,5-8,11,25H2. The number of nitrogens with zero attached hydrogens (tertiary/aromatic N) is 1. The number of halogens is 3. The minimum atomic E-state index is -4.34. The molecule has 2 atom stereocenters. The Labute approximate surface area is 157 Å². The van der Waals surface area contributed by atoms with Gasteiger partial charge in [0.05, 0.1) is 11.3 Å². The van der Waals surface area contributed by atoms with Crippen LogP contribution in [0.2, 0.25) is 0 Å². The van der Waals surface area contributed by atoms with Crippen LogP contribution in [0, 0.1) is 0 Å². The number of aromatic nitrogens is 1. The van der Waals surface area contributed by atoms with Gasteiger partial charge in [-0.1, -0.05) is 18.2 Å². The third-order valence-electron chi connectivity index (χ3n) is 5.71. The predicted octanol–water partition coefficient (Wildman–Crippen LogP) is 4.48. The zero-order valence-corrected chi connectivity index (χ0v) is 15.0. The minimum absolute atomic E-state index is 0.352. The highest BCUT2D eigenvalue weighted by Crippen LogP contribution is 2.42. The van der Waals surface area contributed by atoms with Crippen LogP contribution in [-0.2, 0) is 6.18 Å². The van der Waals surface area contributed by atoms with Gasteiger partial charge in [0.2, 0.25) is 0 Å². The second kappa shape index (κ2) is 7.24. The van der Waals surface area contributed by atoms with E-state index in [1.165, 1.54) is 6.07 Å². The van der Waals surface area contributed by atoms with E-state index < -0.39 is 11.7 Å². The molecule has 6 heteroatoms. The van der Waals surface area contributed by atoms with E-state index in [9.17, 15) is 13.2 Å². The molecule has 3 nitrogen and oxygen atoms in total. The molecule has 0 saturated heterocycles. The van der Waals surface area contributed by atoms with Gasteiger partial charge in [-0.2, -0.15) is 13.2 Å². The van der Waals surface area contributed by atoms with Gasteiger partial charge in [0, 0.05) is 35.8 Å². The Hall–Kier alpha value is -1.92. The van der Waals surface area contributed by atoms with E-state index >= 15 is 0 Å². The molecule has 1 aromatic heterocycles. The zero-order valence-electron chi connectivity index (χ0n) is 15.0. The summed E-state index contributed by atoms with van der Waals surface area (Å²) in [7, 11) is 0. The molecule has 0 spiro atoms. The van der Waals surface area contributed by atoms with E-state index in [0.29, 0.717) is 35.3 Å². The van der Waals surface area contributed by atoms with E-state index in [-0.39, 0.29) is 0 Å². The third kappa shape index (κ3) is 4.33. The number of benzene rings is 1. The van der Waals surface area contributed by atoms with Crippen LogP contribution in [0.25, 0.3) is 11.3 Å². The summed E-state index contributed by atoms with van der Waals surface area (Å²) in [5.74, 6) is 0.448. The fourth-order valence-electron chi connectivity index (χ4n) is 3.99. The van der Waals surface area contributed by atoms with Gasteiger partial charge in [0.15, 0.2) is 0 Å². The molecule has 2 unspecified atom stereocenters. The Morgan fingerprint density at radius 1 is 1.04 bits per heavy atom. The molecule has 2 saturated carbocycles. The highest BCUT2D eigenvalue weighted by molar-refractivity contribution is 5.60. The molecule has 0 bridgehead atoms. The highest BCUT2D eigenvalue weighted by Gasteiger charge is 2.40. The van der Waals surface area contributed by atoms with Crippen molar-refractivity contribution < 1.29 is 13.2 Å². The maximum atomic E-state index is 12.9. The van der Waals surface area contributed by atoms with Gasteiger partial charge < -0.3 is 11.1 Å². The second-order valence-corrected chi connectivity index (χ2v) is 7.78.